The van der Waals surface area contributed by atoms with E-state index in [2.05, 4.69) is 4.72 Å². The number of halogens is 1. The monoisotopic (exact) mass is 454 g/mol. The molecule has 0 saturated carbocycles. The third kappa shape index (κ3) is 4.81. The van der Waals surface area contributed by atoms with Crippen molar-refractivity contribution in [2.45, 2.75) is 24.0 Å². The van der Waals surface area contributed by atoms with Gasteiger partial charge in [-0.2, -0.15) is 0 Å². The fourth-order valence-electron chi connectivity index (χ4n) is 3.68. The molecule has 1 saturated heterocycles. The second-order valence-electron chi connectivity index (χ2n) is 7.67. The van der Waals surface area contributed by atoms with E-state index in [0.717, 1.165) is 5.56 Å². The number of nitrogens with zero attached hydrogens (tertiary/aromatic N) is 1. The van der Waals surface area contributed by atoms with E-state index in [1.165, 1.54) is 48.5 Å². The molecular formula is C24H23FN2O4S. The van der Waals surface area contributed by atoms with E-state index in [1.807, 2.05) is 37.3 Å². The van der Waals surface area contributed by atoms with Crippen LogP contribution in [0.25, 0.3) is 0 Å². The molecule has 3 aromatic carbocycles. The van der Waals surface area contributed by atoms with E-state index >= 15 is 0 Å². The number of carbonyl (C=O) groups is 1. The van der Waals surface area contributed by atoms with Crippen LogP contribution in [-0.2, 0) is 14.8 Å². The summed E-state index contributed by atoms with van der Waals surface area (Å²) in [4.78, 5) is 14.7. The number of rotatable bonds is 5. The molecule has 2 atom stereocenters. The average molecular weight is 455 g/mol. The second-order valence-corrected chi connectivity index (χ2v) is 9.35. The van der Waals surface area contributed by atoms with E-state index in [4.69, 9.17) is 4.74 Å². The summed E-state index contributed by atoms with van der Waals surface area (Å²) in [6.07, 6.45) is -0.365. The van der Waals surface area contributed by atoms with Crippen molar-refractivity contribution < 1.29 is 22.3 Å². The Morgan fingerprint density at radius 3 is 2.31 bits per heavy atom. The number of amides is 1. The number of para-hydroxylation sites is 1. The van der Waals surface area contributed by atoms with Gasteiger partial charge in [-0.25, -0.2) is 12.8 Å². The molecule has 32 heavy (non-hydrogen) atoms. The summed E-state index contributed by atoms with van der Waals surface area (Å²) in [5.74, 6) is -0.871. The summed E-state index contributed by atoms with van der Waals surface area (Å²) in [5.41, 5.74) is 1.23. The van der Waals surface area contributed by atoms with Crippen LogP contribution < -0.4 is 4.72 Å². The number of sulfonamides is 1. The molecule has 1 aliphatic heterocycles. The normalized spacial score (nSPS) is 18.9. The van der Waals surface area contributed by atoms with Crippen LogP contribution >= 0.6 is 0 Å². The second kappa shape index (κ2) is 9.10. The highest BCUT2D eigenvalue weighted by atomic mass is 32.2. The number of morpholine rings is 1. The first-order valence-electron chi connectivity index (χ1n) is 10.2. The van der Waals surface area contributed by atoms with Gasteiger partial charge in [-0.3, -0.25) is 9.52 Å². The molecule has 1 N–H and O–H groups in total. The average Bonchev–Trinajstić information content (AvgIpc) is 2.80. The molecule has 6 nitrogen and oxygen atoms in total. The predicted octanol–water partition coefficient (Wildman–Crippen LogP) is 4.23. The van der Waals surface area contributed by atoms with E-state index in [-0.39, 0.29) is 28.7 Å². The lowest BCUT2D eigenvalue weighted by atomic mass is 10.1. The number of ether oxygens (including phenoxy) is 1. The molecular weight excluding hydrogens is 431 g/mol. The van der Waals surface area contributed by atoms with Crippen molar-refractivity contribution in [2.75, 3.05) is 17.8 Å². The zero-order chi connectivity index (χ0) is 22.7. The minimum Gasteiger partial charge on any atom is -0.367 e. The van der Waals surface area contributed by atoms with Gasteiger partial charge in [0, 0.05) is 12.1 Å². The quantitative estimate of drug-likeness (QED) is 0.626. The van der Waals surface area contributed by atoms with Crippen LogP contribution in [-0.4, -0.2) is 38.4 Å². The Morgan fingerprint density at radius 2 is 1.62 bits per heavy atom. The van der Waals surface area contributed by atoms with Crippen molar-refractivity contribution in [3.8, 4) is 0 Å². The van der Waals surface area contributed by atoms with E-state index in [9.17, 15) is 17.6 Å². The lowest BCUT2D eigenvalue weighted by molar-refractivity contribution is -0.0691. The molecule has 1 heterocycles. The molecule has 0 spiro atoms. The Hall–Kier alpha value is -3.23. The van der Waals surface area contributed by atoms with Gasteiger partial charge in [0.05, 0.1) is 23.2 Å². The minimum absolute atomic E-state index is 0.0604. The van der Waals surface area contributed by atoms with Gasteiger partial charge < -0.3 is 9.64 Å². The summed E-state index contributed by atoms with van der Waals surface area (Å²) in [6.45, 7) is 2.76. The molecule has 1 fully saturated rings. The molecule has 8 heteroatoms. The first-order chi connectivity index (χ1) is 15.3. The third-order valence-electron chi connectivity index (χ3n) is 5.25. The van der Waals surface area contributed by atoms with Crippen LogP contribution in [0, 0.1) is 5.82 Å². The summed E-state index contributed by atoms with van der Waals surface area (Å²) in [7, 11) is -3.99. The van der Waals surface area contributed by atoms with Gasteiger partial charge in [0.1, 0.15) is 11.9 Å². The van der Waals surface area contributed by atoms with Gasteiger partial charge in [0.25, 0.3) is 15.9 Å². The van der Waals surface area contributed by atoms with Gasteiger partial charge in [0.2, 0.25) is 0 Å². The molecule has 0 radical (unpaired) electrons. The van der Waals surface area contributed by atoms with Crippen molar-refractivity contribution in [1.82, 2.24) is 4.90 Å². The summed E-state index contributed by atoms with van der Waals surface area (Å²) >= 11 is 0. The lowest BCUT2D eigenvalue weighted by Gasteiger charge is -2.37. The van der Waals surface area contributed by atoms with Gasteiger partial charge in [-0.05, 0) is 48.9 Å². The Bertz CT molecular complexity index is 1200. The van der Waals surface area contributed by atoms with Crippen LogP contribution in [0.2, 0.25) is 0 Å². The van der Waals surface area contributed by atoms with Crippen LogP contribution in [0.4, 0.5) is 10.1 Å². The maximum absolute atomic E-state index is 13.8. The first-order valence-corrected chi connectivity index (χ1v) is 11.7. The Morgan fingerprint density at radius 1 is 0.969 bits per heavy atom. The smallest absolute Gasteiger partial charge is 0.261 e. The number of anilines is 1. The van der Waals surface area contributed by atoms with Crippen molar-refractivity contribution in [2.24, 2.45) is 0 Å². The van der Waals surface area contributed by atoms with Gasteiger partial charge in [-0.1, -0.05) is 42.5 Å². The van der Waals surface area contributed by atoms with E-state index in [1.54, 1.807) is 4.90 Å². The molecule has 3 aromatic rings. The van der Waals surface area contributed by atoms with E-state index in [0.29, 0.717) is 18.7 Å². The standard InChI is InChI=1S/C24H23FN2O4S/c1-17-15-27(16-23(31-17)18-7-3-2-4-8-18)24(28)19-11-13-20(14-12-19)32(29,30)26-22-10-6-5-9-21(22)25/h2-14,17,23,26H,15-16H2,1H3. The Labute approximate surface area is 186 Å². The van der Waals surface area contributed by atoms with Gasteiger partial charge in [-0.15, -0.1) is 0 Å². The van der Waals surface area contributed by atoms with Crippen LogP contribution in [0.15, 0.2) is 83.8 Å². The lowest BCUT2D eigenvalue weighted by Crippen LogP contribution is -2.45. The molecule has 0 bridgehead atoms. The van der Waals surface area contributed by atoms with Crippen molar-refractivity contribution in [3.63, 3.8) is 0 Å². The number of benzene rings is 3. The molecule has 0 aliphatic carbocycles. The molecule has 1 amide bonds. The predicted molar refractivity (Wildman–Crippen MR) is 119 cm³/mol. The van der Waals surface area contributed by atoms with Crippen molar-refractivity contribution >= 4 is 21.6 Å². The molecule has 4 rings (SSSR count). The van der Waals surface area contributed by atoms with Gasteiger partial charge in [0.15, 0.2) is 0 Å². The summed E-state index contributed by atoms with van der Waals surface area (Å²) < 4.78 is 47.2. The van der Waals surface area contributed by atoms with Crippen LogP contribution in [0.3, 0.4) is 0 Å². The SMILES string of the molecule is CC1CN(C(=O)c2ccc(S(=O)(=O)Nc3ccccc3F)cc2)CC(c2ccccc2)O1. The number of hydrogen-bond donors (Lipinski definition) is 1. The molecule has 166 valence electrons. The maximum Gasteiger partial charge on any atom is 0.261 e. The highest BCUT2D eigenvalue weighted by Gasteiger charge is 2.30. The molecule has 2 unspecified atom stereocenters. The van der Waals surface area contributed by atoms with Crippen molar-refractivity contribution in [1.29, 1.82) is 0 Å². The zero-order valence-electron chi connectivity index (χ0n) is 17.4. The van der Waals surface area contributed by atoms with Crippen LogP contribution in [0.5, 0.6) is 0 Å². The molecule has 0 aromatic heterocycles. The highest BCUT2D eigenvalue weighted by Crippen LogP contribution is 2.26. The maximum atomic E-state index is 13.8. The van der Waals surface area contributed by atoms with Gasteiger partial charge >= 0.3 is 0 Å². The highest BCUT2D eigenvalue weighted by molar-refractivity contribution is 7.92. The number of nitrogens with one attached hydrogen (secondary N) is 1. The fraction of sp³-hybridized carbons (Fsp3) is 0.208. The summed E-state index contributed by atoms with van der Waals surface area (Å²) in [5, 5.41) is 0. The Balaban J connectivity index is 1.49. The third-order valence-corrected chi connectivity index (χ3v) is 6.63. The van der Waals surface area contributed by atoms with Crippen LogP contribution in [0.1, 0.15) is 28.9 Å². The van der Waals surface area contributed by atoms with E-state index < -0.39 is 15.8 Å². The minimum atomic E-state index is -3.99. The first kappa shape index (κ1) is 22.0. The van der Waals surface area contributed by atoms with Crippen molar-refractivity contribution in [3.05, 3.63) is 95.8 Å². The summed E-state index contributed by atoms with van der Waals surface area (Å²) in [6, 6.07) is 20.9. The fourth-order valence-corrected chi connectivity index (χ4v) is 4.74. The zero-order valence-corrected chi connectivity index (χ0v) is 18.3. The number of hydrogen-bond acceptors (Lipinski definition) is 4. The largest absolute Gasteiger partial charge is 0.367 e. The number of carbonyl (C=O) groups excluding carboxylic acids is 1. The Kier molecular flexibility index (Phi) is 6.25. The molecule has 1 aliphatic rings. The topological polar surface area (TPSA) is 75.7 Å².